The standard InChI is InChI=1S/C8H10ClN3/c1-6(9)4-11-7-2-3-8(10)12-5-7/h2-3,5,11H,1,4H2,(H2,10,12). The van der Waals surface area contributed by atoms with E-state index in [2.05, 4.69) is 16.9 Å². The number of hydrogen-bond donors (Lipinski definition) is 2. The molecule has 0 aliphatic heterocycles. The zero-order valence-corrected chi connectivity index (χ0v) is 7.30. The number of rotatable bonds is 3. The van der Waals surface area contributed by atoms with Crippen molar-refractivity contribution in [2.45, 2.75) is 0 Å². The highest BCUT2D eigenvalue weighted by molar-refractivity contribution is 6.29. The summed E-state index contributed by atoms with van der Waals surface area (Å²) in [6.45, 7) is 4.08. The fourth-order valence-electron chi connectivity index (χ4n) is 0.708. The lowest BCUT2D eigenvalue weighted by molar-refractivity contribution is 1.26. The van der Waals surface area contributed by atoms with Gasteiger partial charge in [-0.2, -0.15) is 0 Å². The Balaban J connectivity index is 2.53. The minimum atomic E-state index is 0.505. The summed E-state index contributed by atoms with van der Waals surface area (Å²) in [6.07, 6.45) is 1.65. The molecule has 0 unspecified atom stereocenters. The Labute approximate surface area is 76.2 Å². The van der Waals surface area contributed by atoms with Gasteiger partial charge < -0.3 is 11.1 Å². The Morgan fingerprint density at radius 3 is 2.92 bits per heavy atom. The molecule has 0 saturated carbocycles. The SMILES string of the molecule is C=C(Cl)CNc1ccc(N)nc1. The Bertz CT molecular complexity index is 268. The van der Waals surface area contributed by atoms with Gasteiger partial charge in [0.05, 0.1) is 18.4 Å². The van der Waals surface area contributed by atoms with Crippen molar-refractivity contribution in [3.05, 3.63) is 29.9 Å². The second kappa shape index (κ2) is 3.97. The lowest BCUT2D eigenvalue weighted by Gasteiger charge is -2.03. The molecule has 0 aromatic carbocycles. The summed E-state index contributed by atoms with van der Waals surface area (Å²) in [5.41, 5.74) is 6.28. The number of nitrogens with one attached hydrogen (secondary N) is 1. The summed E-state index contributed by atoms with van der Waals surface area (Å²) in [6, 6.07) is 3.56. The van der Waals surface area contributed by atoms with Gasteiger partial charge >= 0.3 is 0 Å². The van der Waals surface area contributed by atoms with Gasteiger partial charge in [0.25, 0.3) is 0 Å². The third-order valence-electron chi connectivity index (χ3n) is 1.27. The Kier molecular flexibility index (Phi) is 2.94. The summed E-state index contributed by atoms with van der Waals surface area (Å²) in [4.78, 5) is 3.90. The highest BCUT2D eigenvalue weighted by atomic mass is 35.5. The number of halogens is 1. The first-order valence-corrected chi connectivity index (χ1v) is 3.85. The number of hydrogen-bond acceptors (Lipinski definition) is 3. The third kappa shape index (κ3) is 2.80. The van der Waals surface area contributed by atoms with Gasteiger partial charge in [-0.15, -0.1) is 0 Å². The van der Waals surface area contributed by atoms with Crippen LogP contribution in [0.4, 0.5) is 11.5 Å². The molecule has 0 amide bonds. The summed E-state index contributed by atoms with van der Waals surface area (Å²) in [5, 5.41) is 3.58. The van der Waals surface area contributed by atoms with E-state index in [1.807, 2.05) is 6.07 Å². The van der Waals surface area contributed by atoms with E-state index in [1.165, 1.54) is 0 Å². The quantitative estimate of drug-likeness (QED) is 0.752. The highest BCUT2D eigenvalue weighted by Gasteiger charge is 1.92. The van der Waals surface area contributed by atoms with Crippen molar-refractivity contribution in [3.8, 4) is 0 Å². The molecule has 12 heavy (non-hydrogen) atoms. The molecule has 64 valence electrons. The number of nitrogens with zero attached hydrogens (tertiary/aromatic N) is 1. The van der Waals surface area contributed by atoms with Crippen molar-refractivity contribution in [2.75, 3.05) is 17.6 Å². The van der Waals surface area contributed by atoms with Crippen molar-refractivity contribution < 1.29 is 0 Å². The minimum Gasteiger partial charge on any atom is -0.384 e. The molecule has 0 atom stereocenters. The van der Waals surface area contributed by atoms with Gasteiger partial charge in [0, 0.05) is 5.03 Å². The van der Waals surface area contributed by atoms with Crippen molar-refractivity contribution in [2.24, 2.45) is 0 Å². The zero-order valence-electron chi connectivity index (χ0n) is 6.55. The summed E-state index contributed by atoms with van der Waals surface area (Å²) >= 11 is 5.56. The van der Waals surface area contributed by atoms with E-state index in [4.69, 9.17) is 17.3 Å². The fourth-order valence-corrected chi connectivity index (χ4v) is 0.775. The van der Waals surface area contributed by atoms with Crippen LogP contribution in [0.15, 0.2) is 29.9 Å². The summed E-state index contributed by atoms with van der Waals surface area (Å²) in [7, 11) is 0. The first-order chi connectivity index (χ1) is 5.68. The van der Waals surface area contributed by atoms with Crippen LogP contribution in [-0.4, -0.2) is 11.5 Å². The Hall–Kier alpha value is -1.22. The van der Waals surface area contributed by atoms with E-state index in [0.717, 1.165) is 5.69 Å². The maximum absolute atomic E-state index is 5.56. The first-order valence-electron chi connectivity index (χ1n) is 3.47. The van der Waals surface area contributed by atoms with Crippen LogP contribution in [0.25, 0.3) is 0 Å². The normalized spacial score (nSPS) is 9.42. The van der Waals surface area contributed by atoms with Crippen LogP contribution >= 0.6 is 11.6 Å². The molecular formula is C8H10ClN3. The lowest BCUT2D eigenvalue weighted by atomic mass is 10.4. The van der Waals surface area contributed by atoms with Crippen LogP contribution in [0.5, 0.6) is 0 Å². The number of anilines is 2. The molecule has 1 rings (SSSR count). The topological polar surface area (TPSA) is 50.9 Å². The van der Waals surface area contributed by atoms with Gasteiger partial charge in [-0.25, -0.2) is 4.98 Å². The zero-order chi connectivity index (χ0) is 8.97. The van der Waals surface area contributed by atoms with Crippen LogP contribution < -0.4 is 11.1 Å². The minimum absolute atomic E-state index is 0.505. The van der Waals surface area contributed by atoms with Gasteiger partial charge in [0.15, 0.2) is 0 Å². The second-order valence-corrected chi connectivity index (χ2v) is 2.88. The molecule has 0 aliphatic rings. The van der Waals surface area contributed by atoms with Gasteiger partial charge in [0.1, 0.15) is 5.82 Å². The van der Waals surface area contributed by atoms with Crippen LogP contribution in [0.3, 0.4) is 0 Å². The first kappa shape index (κ1) is 8.87. The van der Waals surface area contributed by atoms with Crippen molar-refractivity contribution in [1.29, 1.82) is 0 Å². The maximum Gasteiger partial charge on any atom is 0.123 e. The highest BCUT2D eigenvalue weighted by Crippen LogP contribution is 2.07. The molecule has 1 heterocycles. The van der Waals surface area contributed by atoms with E-state index < -0.39 is 0 Å². The van der Waals surface area contributed by atoms with Crippen LogP contribution in [-0.2, 0) is 0 Å². The maximum atomic E-state index is 5.56. The van der Waals surface area contributed by atoms with Gasteiger partial charge in [-0.1, -0.05) is 18.2 Å². The van der Waals surface area contributed by atoms with E-state index in [9.17, 15) is 0 Å². The molecule has 4 heteroatoms. The van der Waals surface area contributed by atoms with Gasteiger partial charge in [-0.05, 0) is 12.1 Å². The monoisotopic (exact) mass is 183 g/mol. The molecule has 0 saturated heterocycles. The van der Waals surface area contributed by atoms with Gasteiger partial charge in [-0.3, -0.25) is 0 Å². The van der Waals surface area contributed by atoms with E-state index in [-0.39, 0.29) is 0 Å². The molecule has 0 fully saturated rings. The van der Waals surface area contributed by atoms with Crippen LogP contribution in [0.2, 0.25) is 0 Å². The lowest BCUT2D eigenvalue weighted by Crippen LogP contribution is -2.01. The molecule has 0 aliphatic carbocycles. The van der Waals surface area contributed by atoms with E-state index in [0.29, 0.717) is 17.4 Å². The largest absolute Gasteiger partial charge is 0.384 e. The average Bonchev–Trinajstić information content (AvgIpc) is 2.03. The third-order valence-corrected chi connectivity index (χ3v) is 1.40. The van der Waals surface area contributed by atoms with Crippen LogP contribution in [0, 0.1) is 0 Å². The molecule has 1 aromatic heterocycles. The summed E-state index contributed by atoms with van der Waals surface area (Å²) in [5.74, 6) is 0.505. The van der Waals surface area contributed by atoms with Crippen LogP contribution in [0.1, 0.15) is 0 Å². The Morgan fingerprint density at radius 2 is 2.42 bits per heavy atom. The summed E-state index contributed by atoms with van der Waals surface area (Å²) < 4.78 is 0. The fraction of sp³-hybridized carbons (Fsp3) is 0.125. The number of nitrogen functional groups attached to an aromatic ring is 1. The second-order valence-electron chi connectivity index (χ2n) is 2.34. The predicted molar refractivity (Wildman–Crippen MR) is 52.1 cm³/mol. The number of pyridine rings is 1. The van der Waals surface area contributed by atoms with E-state index in [1.54, 1.807) is 12.3 Å². The molecule has 0 spiro atoms. The smallest absolute Gasteiger partial charge is 0.123 e. The number of nitrogens with two attached hydrogens (primary N) is 1. The molecular weight excluding hydrogens is 174 g/mol. The van der Waals surface area contributed by atoms with E-state index >= 15 is 0 Å². The van der Waals surface area contributed by atoms with Crippen molar-refractivity contribution >= 4 is 23.1 Å². The van der Waals surface area contributed by atoms with Crippen molar-refractivity contribution in [1.82, 2.24) is 4.98 Å². The van der Waals surface area contributed by atoms with Gasteiger partial charge in [0.2, 0.25) is 0 Å². The number of aromatic nitrogens is 1. The average molecular weight is 184 g/mol. The molecule has 3 N–H and O–H groups in total. The van der Waals surface area contributed by atoms with Crippen molar-refractivity contribution in [3.63, 3.8) is 0 Å². The molecule has 0 bridgehead atoms. The molecule has 1 aromatic rings. The Morgan fingerprint density at radius 1 is 1.67 bits per heavy atom. The molecule has 0 radical (unpaired) electrons. The predicted octanol–water partition coefficient (Wildman–Crippen LogP) is 1.83. The molecule has 3 nitrogen and oxygen atoms in total.